The monoisotopic (exact) mass is 519 g/mol. The Hall–Kier alpha value is -3.61. The smallest absolute Gasteiger partial charge is 0.337 e. The molecule has 0 amide bonds. The molecule has 0 bridgehead atoms. The third-order valence-corrected chi connectivity index (χ3v) is 7.96. The summed E-state index contributed by atoms with van der Waals surface area (Å²) in [5.74, 6) is -0.242. The number of nitrogens with one attached hydrogen (secondary N) is 1. The number of esters is 1. The standard InChI is InChI=1S/C31H34FNO5/c1-18-28(31(35)38-23-7-5-4-6-8-23)29(19-9-12-22(32)13-10-19)30-24(33-18)15-21(16-25(30)34)20-11-14-26(36-2)27(17-20)37-3/h9-14,17,21,23,29,33H,4-8,15-16H2,1-3H3/t21-,29-/m0/s1. The molecule has 0 saturated heterocycles. The minimum Gasteiger partial charge on any atom is -0.493 e. The van der Waals surface area contributed by atoms with Gasteiger partial charge in [0, 0.05) is 29.3 Å². The molecular formula is C31H34FNO5. The van der Waals surface area contributed by atoms with Crippen LogP contribution in [0.4, 0.5) is 4.39 Å². The van der Waals surface area contributed by atoms with Crippen LogP contribution in [0.2, 0.25) is 0 Å². The molecule has 38 heavy (non-hydrogen) atoms. The number of hydrogen-bond acceptors (Lipinski definition) is 6. The molecule has 2 aromatic rings. The number of Topliss-reactive ketones (excluding diaryl/α,β-unsaturated/α-hetero) is 1. The van der Waals surface area contributed by atoms with Crippen molar-refractivity contribution in [2.24, 2.45) is 0 Å². The number of ketones is 1. The van der Waals surface area contributed by atoms with Crippen LogP contribution >= 0.6 is 0 Å². The van der Waals surface area contributed by atoms with E-state index < -0.39 is 11.9 Å². The number of benzene rings is 2. The van der Waals surface area contributed by atoms with Gasteiger partial charge in [-0.05, 0) is 80.3 Å². The molecule has 5 rings (SSSR count). The maximum atomic E-state index is 13.8. The molecule has 2 aliphatic carbocycles. The lowest BCUT2D eigenvalue weighted by molar-refractivity contribution is -0.146. The van der Waals surface area contributed by atoms with Gasteiger partial charge < -0.3 is 19.5 Å². The summed E-state index contributed by atoms with van der Waals surface area (Å²) in [7, 11) is 3.18. The summed E-state index contributed by atoms with van der Waals surface area (Å²) < 4.78 is 30.7. The van der Waals surface area contributed by atoms with Gasteiger partial charge in [0.1, 0.15) is 11.9 Å². The summed E-state index contributed by atoms with van der Waals surface area (Å²) in [6.07, 6.45) is 5.72. The van der Waals surface area contributed by atoms with E-state index in [4.69, 9.17) is 14.2 Å². The highest BCUT2D eigenvalue weighted by atomic mass is 19.1. The summed E-state index contributed by atoms with van der Waals surface area (Å²) in [4.78, 5) is 27.4. The van der Waals surface area contributed by atoms with Gasteiger partial charge in [-0.2, -0.15) is 0 Å². The molecule has 1 saturated carbocycles. The average molecular weight is 520 g/mol. The topological polar surface area (TPSA) is 73.9 Å². The molecular weight excluding hydrogens is 485 g/mol. The maximum absolute atomic E-state index is 13.8. The highest BCUT2D eigenvalue weighted by Gasteiger charge is 2.42. The van der Waals surface area contributed by atoms with E-state index in [-0.39, 0.29) is 30.0 Å². The molecule has 2 atom stereocenters. The van der Waals surface area contributed by atoms with Crippen LogP contribution < -0.4 is 14.8 Å². The van der Waals surface area contributed by atoms with Gasteiger partial charge in [0.15, 0.2) is 17.3 Å². The van der Waals surface area contributed by atoms with Crippen LogP contribution in [-0.4, -0.2) is 32.1 Å². The molecule has 200 valence electrons. The quantitative estimate of drug-likeness (QED) is 0.466. The van der Waals surface area contributed by atoms with Crippen molar-refractivity contribution in [3.63, 3.8) is 0 Å². The predicted octanol–water partition coefficient (Wildman–Crippen LogP) is 6.08. The van der Waals surface area contributed by atoms with Crippen LogP contribution in [0.15, 0.2) is 65.0 Å². The molecule has 1 heterocycles. The number of hydrogen-bond donors (Lipinski definition) is 1. The summed E-state index contributed by atoms with van der Waals surface area (Å²) in [6, 6.07) is 11.8. The number of methoxy groups -OCH3 is 2. The molecule has 0 radical (unpaired) electrons. The van der Waals surface area contributed by atoms with Gasteiger partial charge in [0.05, 0.1) is 19.8 Å². The Bertz CT molecular complexity index is 1290. The van der Waals surface area contributed by atoms with Crippen molar-refractivity contribution in [2.45, 2.75) is 69.8 Å². The molecule has 7 heteroatoms. The molecule has 0 spiro atoms. The van der Waals surface area contributed by atoms with E-state index in [2.05, 4.69) is 5.32 Å². The molecule has 2 aromatic carbocycles. The van der Waals surface area contributed by atoms with Crippen molar-refractivity contribution in [1.29, 1.82) is 0 Å². The van der Waals surface area contributed by atoms with Gasteiger partial charge >= 0.3 is 5.97 Å². The molecule has 0 aromatic heterocycles. The van der Waals surface area contributed by atoms with Crippen LogP contribution in [0, 0.1) is 5.82 Å². The van der Waals surface area contributed by atoms with Crippen molar-refractivity contribution in [3.05, 3.63) is 81.9 Å². The van der Waals surface area contributed by atoms with Crippen LogP contribution in [0.3, 0.4) is 0 Å². The Labute approximate surface area is 222 Å². The summed E-state index contributed by atoms with van der Waals surface area (Å²) in [6.45, 7) is 1.85. The molecule has 0 unspecified atom stereocenters. The first-order valence-electron chi connectivity index (χ1n) is 13.3. The first-order valence-corrected chi connectivity index (χ1v) is 13.3. The summed E-state index contributed by atoms with van der Waals surface area (Å²) in [5, 5.41) is 3.39. The number of carbonyl (C=O) groups is 2. The first-order chi connectivity index (χ1) is 18.4. The number of carbonyl (C=O) groups excluding carboxylic acids is 2. The van der Waals surface area contributed by atoms with Crippen LogP contribution in [0.5, 0.6) is 11.5 Å². The van der Waals surface area contributed by atoms with E-state index in [1.54, 1.807) is 26.4 Å². The van der Waals surface area contributed by atoms with E-state index in [1.807, 2.05) is 25.1 Å². The van der Waals surface area contributed by atoms with Gasteiger partial charge in [-0.15, -0.1) is 0 Å². The highest BCUT2D eigenvalue weighted by Crippen LogP contribution is 2.46. The molecule has 3 aliphatic rings. The number of ether oxygens (including phenoxy) is 3. The first kappa shape index (κ1) is 26.0. The molecule has 1 N–H and O–H groups in total. The second-order valence-electron chi connectivity index (χ2n) is 10.3. The van der Waals surface area contributed by atoms with E-state index in [0.717, 1.165) is 43.4 Å². The third-order valence-electron chi connectivity index (χ3n) is 7.96. The van der Waals surface area contributed by atoms with Crippen LogP contribution in [0.1, 0.15) is 74.8 Å². The van der Waals surface area contributed by atoms with Gasteiger partial charge in [-0.3, -0.25) is 4.79 Å². The minimum absolute atomic E-state index is 0.0386. The van der Waals surface area contributed by atoms with Gasteiger partial charge in [-0.25, -0.2) is 9.18 Å². The average Bonchev–Trinajstić information content (AvgIpc) is 2.92. The summed E-state index contributed by atoms with van der Waals surface area (Å²) in [5.41, 5.74) is 4.13. The fourth-order valence-corrected chi connectivity index (χ4v) is 6.04. The number of halogens is 1. The van der Waals surface area contributed by atoms with E-state index in [0.29, 0.717) is 40.3 Å². The fourth-order valence-electron chi connectivity index (χ4n) is 6.04. The number of dihydropyridines is 1. The zero-order valence-corrected chi connectivity index (χ0v) is 22.1. The predicted molar refractivity (Wildman–Crippen MR) is 141 cm³/mol. The lowest BCUT2D eigenvalue weighted by atomic mass is 9.71. The molecule has 6 nitrogen and oxygen atoms in total. The number of rotatable bonds is 6. The normalized spacial score (nSPS) is 22.1. The van der Waals surface area contributed by atoms with E-state index >= 15 is 0 Å². The van der Waals surface area contributed by atoms with Crippen LogP contribution in [-0.2, 0) is 14.3 Å². The highest BCUT2D eigenvalue weighted by molar-refractivity contribution is 6.04. The van der Waals surface area contributed by atoms with Crippen molar-refractivity contribution in [1.82, 2.24) is 5.32 Å². The second-order valence-corrected chi connectivity index (χ2v) is 10.3. The molecule has 1 aliphatic heterocycles. The lowest BCUT2D eigenvalue weighted by Crippen LogP contribution is -2.37. The Kier molecular flexibility index (Phi) is 7.54. The summed E-state index contributed by atoms with van der Waals surface area (Å²) >= 11 is 0. The van der Waals surface area contributed by atoms with Crippen LogP contribution in [0.25, 0.3) is 0 Å². The lowest BCUT2D eigenvalue weighted by Gasteiger charge is -2.37. The number of allylic oxidation sites excluding steroid dienone is 3. The third kappa shape index (κ3) is 5.06. The fraction of sp³-hybridized carbons (Fsp3) is 0.419. The Morgan fingerprint density at radius 2 is 1.61 bits per heavy atom. The Morgan fingerprint density at radius 3 is 2.29 bits per heavy atom. The largest absolute Gasteiger partial charge is 0.493 e. The molecule has 1 fully saturated rings. The Morgan fingerprint density at radius 1 is 0.921 bits per heavy atom. The van der Waals surface area contributed by atoms with Gasteiger partial charge in [-0.1, -0.05) is 24.6 Å². The van der Waals surface area contributed by atoms with Crippen molar-refractivity contribution in [3.8, 4) is 11.5 Å². The van der Waals surface area contributed by atoms with Crippen molar-refractivity contribution < 1.29 is 28.2 Å². The Balaban J connectivity index is 1.51. The van der Waals surface area contributed by atoms with Gasteiger partial charge in [0.2, 0.25) is 0 Å². The zero-order valence-electron chi connectivity index (χ0n) is 22.1. The SMILES string of the molecule is COc1ccc([C@@H]2CC(=O)C3=C(C2)NC(C)=C(C(=O)OC2CCCCC2)[C@@H]3c2ccc(F)cc2)cc1OC. The van der Waals surface area contributed by atoms with Gasteiger partial charge in [0.25, 0.3) is 0 Å². The van der Waals surface area contributed by atoms with E-state index in [1.165, 1.54) is 12.1 Å². The van der Waals surface area contributed by atoms with Crippen molar-refractivity contribution >= 4 is 11.8 Å². The van der Waals surface area contributed by atoms with E-state index in [9.17, 15) is 14.0 Å². The minimum atomic E-state index is -0.609. The second kappa shape index (κ2) is 11.0. The zero-order chi connectivity index (χ0) is 26.8. The van der Waals surface area contributed by atoms with Crippen molar-refractivity contribution in [2.75, 3.05) is 14.2 Å². The maximum Gasteiger partial charge on any atom is 0.337 e.